The van der Waals surface area contributed by atoms with Gasteiger partial charge >= 0.3 is 5.97 Å². The molecule has 2 N–H and O–H groups in total. The first-order valence-electron chi connectivity index (χ1n) is 7.34. The number of esters is 1. The molecular formula is C14H21NO3S2. The number of rotatable bonds is 3. The molecule has 3 rings (SSSR count). The van der Waals surface area contributed by atoms with Crippen LogP contribution in [0.3, 0.4) is 0 Å². The van der Waals surface area contributed by atoms with Crippen LogP contribution in [0.2, 0.25) is 0 Å². The molecule has 0 radical (unpaired) electrons. The fraction of sp³-hybridized carbons (Fsp3) is 0.857. The van der Waals surface area contributed by atoms with Crippen LogP contribution in [0.25, 0.3) is 0 Å². The van der Waals surface area contributed by atoms with Gasteiger partial charge in [-0.1, -0.05) is 6.42 Å². The van der Waals surface area contributed by atoms with Gasteiger partial charge in [0.25, 0.3) is 5.91 Å². The zero-order valence-corrected chi connectivity index (χ0v) is 13.1. The summed E-state index contributed by atoms with van der Waals surface area (Å²) in [4.78, 5) is 22.8. The summed E-state index contributed by atoms with van der Waals surface area (Å²) in [5.74, 6) is 2.91. The van der Waals surface area contributed by atoms with Crippen molar-refractivity contribution < 1.29 is 14.3 Å². The van der Waals surface area contributed by atoms with E-state index in [-0.39, 0.29) is 18.5 Å². The van der Waals surface area contributed by atoms with E-state index in [1.54, 1.807) is 0 Å². The fourth-order valence-electron chi connectivity index (χ4n) is 4.06. The lowest BCUT2D eigenvalue weighted by Crippen LogP contribution is -2.48. The first-order valence-corrected chi connectivity index (χ1v) is 9.32. The Balaban J connectivity index is 1.67. The molecule has 2 saturated carbocycles. The van der Waals surface area contributed by atoms with Crippen LogP contribution in [0.5, 0.6) is 0 Å². The number of thioether (sulfide) groups is 2. The molecule has 112 valence electrons. The Labute approximate surface area is 127 Å². The summed E-state index contributed by atoms with van der Waals surface area (Å²) in [6.45, 7) is -0.278. The molecule has 3 fully saturated rings. The highest BCUT2D eigenvalue weighted by Gasteiger charge is 2.55. The minimum Gasteiger partial charge on any atom is -0.455 e. The molecule has 0 aromatic rings. The van der Waals surface area contributed by atoms with Crippen LogP contribution in [0.4, 0.5) is 0 Å². The Morgan fingerprint density at radius 1 is 1.15 bits per heavy atom. The summed E-state index contributed by atoms with van der Waals surface area (Å²) in [5.41, 5.74) is 5.03. The summed E-state index contributed by atoms with van der Waals surface area (Å²) >= 11 is 4.25. The SMILES string of the molecule is NC(=O)COC(=O)C1C[C@H]2CCC[C@@H](C1)C21SCCS1. The zero-order valence-electron chi connectivity index (χ0n) is 11.5. The second kappa shape index (κ2) is 5.79. The van der Waals surface area contributed by atoms with Crippen molar-refractivity contribution in [1.29, 1.82) is 0 Å². The van der Waals surface area contributed by atoms with Gasteiger partial charge in [-0.15, -0.1) is 23.5 Å². The van der Waals surface area contributed by atoms with Crippen LogP contribution < -0.4 is 5.73 Å². The third-order valence-electron chi connectivity index (χ3n) is 4.81. The number of primary amides is 1. The Hall–Kier alpha value is -0.360. The Bertz CT molecular complexity index is 393. The molecule has 0 aromatic heterocycles. The van der Waals surface area contributed by atoms with Gasteiger partial charge in [-0.25, -0.2) is 0 Å². The summed E-state index contributed by atoms with van der Waals surface area (Å²) in [6, 6.07) is 0. The largest absolute Gasteiger partial charge is 0.455 e. The first-order chi connectivity index (χ1) is 9.62. The van der Waals surface area contributed by atoms with E-state index in [2.05, 4.69) is 23.5 Å². The molecule has 4 nitrogen and oxygen atoms in total. The standard InChI is InChI=1S/C14H21NO3S2/c15-12(16)8-18-13(17)9-6-10-2-1-3-11(7-9)14(10)19-4-5-20-14/h9-11H,1-8H2,(H2,15,16)/t9?,10-,11+. The number of hydrogen-bond donors (Lipinski definition) is 1. The van der Waals surface area contributed by atoms with E-state index in [1.165, 1.54) is 30.8 Å². The Morgan fingerprint density at radius 3 is 2.30 bits per heavy atom. The van der Waals surface area contributed by atoms with Crippen molar-refractivity contribution in [2.75, 3.05) is 18.1 Å². The van der Waals surface area contributed by atoms with Crippen molar-refractivity contribution in [3.05, 3.63) is 0 Å². The number of ether oxygens (including phenoxy) is 1. The van der Waals surface area contributed by atoms with Gasteiger partial charge in [-0.3, -0.25) is 9.59 Å². The summed E-state index contributed by atoms with van der Waals surface area (Å²) in [6.07, 6.45) is 5.61. The van der Waals surface area contributed by atoms with Gasteiger partial charge in [0.05, 0.1) is 10.00 Å². The fourth-order valence-corrected chi connectivity index (χ4v) is 8.00. The number of nitrogens with two attached hydrogens (primary N) is 1. The normalized spacial score (nSPS) is 34.9. The van der Waals surface area contributed by atoms with Crippen molar-refractivity contribution in [2.24, 2.45) is 23.5 Å². The van der Waals surface area contributed by atoms with Gasteiger partial charge in [0.1, 0.15) is 0 Å². The van der Waals surface area contributed by atoms with Crippen LogP contribution in [-0.4, -0.2) is 34.1 Å². The second-order valence-corrected chi connectivity index (χ2v) is 8.99. The van der Waals surface area contributed by atoms with E-state index < -0.39 is 5.91 Å². The highest BCUT2D eigenvalue weighted by Crippen LogP contribution is 2.64. The molecule has 2 bridgehead atoms. The van der Waals surface area contributed by atoms with Crippen molar-refractivity contribution in [2.45, 2.75) is 36.2 Å². The minimum absolute atomic E-state index is 0.0305. The monoisotopic (exact) mass is 315 g/mol. The lowest BCUT2D eigenvalue weighted by Gasteiger charge is -2.51. The van der Waals surface area contributed by atoms with Gasteiger partial charge in [0.15, 0.2) is 6.61 Å². The number of hydrogen-bond acceptors (Lipinski definition) is 5. The molecule has 0 aromatic carbocycles. The molecule has 1 spiro atoms. The average Bonchev–Trinajstić information content (AvgIpc) is 2.85. The van der Waals surface area contributed by atoms with Gasteiger partial charge in [0.2, 0.25) is 0 Å². The van der Waals surface area contributed by atoms with Gasteiger partial charge in [0, 0.05) is 11.5 Å². The molecule has 1 unspecified atom stereocenters. The highest BCUT2D eigenvalue weighted by molar-refractivity contribution is 8.21. The van der Waals surface area contributed by atoms with E-state index >= 15 is 0 Å². The summed E-state index contributed by atoms with van der Waals surface area (Å²) < 4.78 is 5.41. The Morgan fingerprint density at radius 2 is 1.75 bits per heavy atom. The lowest BCUT2D eigenvalue weighted by molar-refractivity contribution is -0.154. The Kier molecular flexibility index (Phi) is 4.22. The molecule has 1 saturated heterocycles. The van der Waals surface area contributed by atoms with Crippen molar-refractivity contribution >= 4 is 35.4 Å². The summed E-state index contributed by atoms with van der Waals surface area (Å²) in [7, 11) is 0. The average molecular weight is 315 g/mol. The predicted molar refractivity (Wildman–Crippen MR) is 81.4 cm³/mol. The van der Waals surface area contributed by atoms with Gasteiger partial charge < -0.3 is 10.5 Å². The third kappa shape index (κ3) is 2.56. The van der Waals surface area contributed by atoms with Crippen LogP contribution in [0, 0.1) is 17.8 Å². The highest BCUT2D eigenvalue weighted by atomic mass is 32.2. The first kappa shape index (κ1) is 14.6. The number of carbonyl (C=O) groups is 2. The van der Waals surface area contributed by atoms with E-state index in [4.69, 9.17) is 10.5 Å². The molecule has 1 amide bonds. The third-order valence-corrected chi connectivity index (χ3v) is 8.83. The molecule has 20 heavy (non-hydrogen) atoms. The smallest absolute Gasteiger partial charge is 0.309 e. The maximum absolute atomic E-state index is 12.1. The van der Waals surface area contributed by atoms with Gasteiger partial charge in [-0.2, -0.15) is 0 Å². The van der Waals surface area contributed by atoms with Crippen molar-refractivity contribution in [1.82, 2.24) is 0 Å². The molecule has 3 atom stereocenters. The van der Waals surface area contributed by atoms with Crippen LogP contribution in [-0.2, 0) is 14.3 Å². The summed E-state index contributed by atoms with van der Waals surface area (Å²) in [5, 5.41) is 0. The lowest BCUT2D eigenvalue weighted by atomic mass is 9.67. The van der Waals surface area contributed by atoms with Crippen molar-refractivity contribution in [3.63, 3.8) is 0 Å². The van der Waals surface area contributed by atoms with Crippen LogP contribution in [0.1, 0.15) is 32.1 Å². The predicted octanol–water partition coefficient (Wildman–Crippen LogP) is 2.02. The zero-order chi connectivity index (χ0) is 14.2. The van der Waals surface area contributed by atoms with Crippen molar-refractivity contribution in [3.8, 4) is 0 Å². The second-order valence-electron chi connectivity index (χ2n) is 5.99. The molecule has 6 heteroatoms. The van der Waals surface area contributed by atoms with Crippen LogP contribution >= 0.6 is 23.5 Å². The maximum Gasteiger partial charge on any atom is 0.309 e. The van der Waals surface area contributed by atoms with Gasteiger partial charge in [-0.05, 0) is 37.5 Å². The maximum atomic E-state index is 12.1. The van der Waals surface area contributed by atoms with E-state index in [9.17, 15) is 9.59 Å². The molecular weight excluding hydrogens is 294 g/mol. The number of carbonyl (C=O) groups excluding carboxylic acids is 2. The molecule has 1 heterocycles. The molecule has 1 aliphatic heterocycles. The van der Waals surface area contributed by atoms with E-state index in [0.29, 0.717) is 15.9 Å². The van der Waals surface area contributed by atoms with Crippen LogP contribution in [0.15, 0.2) is 0 Å². The minimum atomic E-state index is -0.576. The topological polar surface area (TPSA) is 69.4 Å². The van der Waals surface area contributed by atoms with E-state index in [1.807, 2.05) is 0 Å². The quantitative estimate of drug-likeness (QED) is 0.807. The molecule has 3 aliphatic rings. The molecule has 2 aliphatic carbocycles. The number of amides is 1. The van der Waals surface area contributed by atoms with E-state index in [0.717, 1.165) is 12.8 Å².